The lowest BCUT2D eigenvalue weighted by Crippen LogP contribution is -2.33. The van der Waals surface area contributed by atoms with E-state index in [2.05, 4.69) is 42.7 Å². The maximum absolute atomic E-state index is 5.04. The molecule has 0 spiro atoms. The number of nitrogens with one attached hydrogen (secondary N) is 2. The molecule has 3 heteroatoms. The molecule has 74 valence electrons. The zero-order valence-electron chi connectivity index (χ0n) is 8.42. The Morgan fingerprint density at radius 2 is 2.14 bits per heavy atom. The van der Waals surface area contributed by atoms with Gasteiger partial charge in [0.15, 0.2) is 5.11 Å². The summed E-state index contributed by atoms with van der Waals surface area (Å²) in [5.41, 5.74) is 3.81. The molecule has 1 aliphatic rings. The van der Waals surface area contributed by atoms with Crippen LogP contribution < -0.4 is 10.6 Å². The molecule has 1 aliphatic heterocycles. The van der Waals surface area contributed by atoms with Crippen LogP contribution in [0.4, 0.5) is 5.69 Å². The average molecular weight is 206 g/mol. The van der Waals surface area contributed by atoms with E-state index >= 15 is 0 Å². The van der Waals surface area contributed by atoms with Crippen molar-refractivity contribution in [3.8, 4) is 0 Å². The summed E-state index contributed by atoms with van der Waals surface area (Å²) >= 11 is 5.04. The Hall–Kier alpha value is -1.09. The van der Waals surface area contributed by atoms with Crippen molar-refractivity contribution in [3.63, 3.8) is 0 Å². The summed E-state index contributed by atoms with van der Waals surface area (Å²) in [4.78, 5) is 0. The van der Waals surface area contributed by atoms with E-state index in [1.165, 1.54) is 11.1 Å². The van der Waals surface area contributed by atoms with E-state index in [1.807, 2.05) is 0 Å². The van der Waals surface area contributed by atoms with Gasteiger partial charge in [-0.15, -0.1) is 0 Å². The highest BCUT2D eigenvalue weighted by Gasteiger charge is 2.11. The SMILES string of the molecule is CC(C)c1ccc2c(c1)CNC(=S)N2. The second kappa shape index (κ2) is 3.58. The van der Waals surface area contributed by atoms with Crippen LogP contribution in [-0.4, -0.2) is 5.11 Å². The number of fused-ring (bicyclic) bond motifs is 1. The molecule has 1 aromatic carbocycles. The number of thiocarbonyl (C=S) groups is 1. The minimum Gasteiger partial charge on any atom is -0.358 e. The van der Waals surface area contributed by atoms with Crippen molar-refractivity contribution in [1.82, 2.24) is 5.32 Å². The number of anilines is 1. The van der Waals surface area contributed by atoms with Gasteiger partial charge in [-0.2, -0.15) is 0 Å². The number of benzene rings is 1. The Morgan fingerprint density at radius 3 is 2.86 bits per heavy atom. The molecule has 0 atom stereocenters. The molecule has 0 radical (unpaired) electrons. The normalized spacial score (nSPS) is 14.6. The molecule has 0 aliphatic carbocycles. The van der Waals surface area contributed by atoms with E-state index in [9.17, 15) is 0 Å². The molecule has 0 saturated carbocycles. The van der Waals surface area contributed by atoms with Gasteiger partial charge in [0.25, 0.3) is 0 Å². The summed E-state index contributed by atoms with van der Waals surface area (Å²) in [5.74, 6) is 0.578. The third-order valence-corrected chi connectivity index (χ3v) is 2.73. The standard InChI is InChI=1S/C11H14N2S/c1-7(2)8-3-4-10-9(5-8)6-12-11(14)13-10/h3-5,7H,6H2,1-2H3,(H2,12,13,14). The highest BCUT2D eigenvalue weighted by Crippen LogP contribution is 2.24. The van der Waals surface area contributed by atoms with Crippen molar-refractivity contribution in [1.29, 1.82) is 0 Å². The molecule has 1 heterocycles. The van der Waals surface area contributed by atoms with Gasteiger partial charge >= 0.3 is 0 Å². The highest BCUT2D eigenvalue weighted by molar-refractivity contribution is 7.80. The molecule has 0 aromatic heterocycles. The van der Waals surface area contributed by atoms with Gasteiger partial charge in [0.05, 0.1) is 0 Å². The van der Waals surface area contributed by atoms with E-state index in [4.69, 9.17) is 12.2 Å². The Bertz CT molecular complexity index is 372. The Balaban J connectivity index is 2.36. The van der Waals surface area contributed by atoms with Gasteiger partial charge in [-0.3, -0.25) is 0 Å². The maximum Gasteiger partial charge on any atom is 0.171 e. The minimum absolute atomic E-state index is 0.578. The average Bonchev–Trinajstić information content (AvgIpc) is 2.16. The van der Waals surface area contributed by atoms with Crippen molar-refractivity contribution < 1.29 is 0 Å². The molecule has 2 nitrogen and oxygen atoms in total. The summed E-state index contributed by atoms with van der Waals surface area (Å²) < 4.78 is 0. The molecular formula is C11H14N2S. The fraction of sp³-hybridized carbons (Fsp3) is 0.364. The molecule has 0 bridgehead atoms. The third kappa shape index (κ3) is 1.73. The van der Waals surface area contributed by atoms with Crippen molar-refractivity contribution >= 4 is 23.0 Å². The summed E-state index contributed by atoms with van der Waals surface area (Å²) in [7, 11) is 0. The number of hydrogen-bond donors (Lipinski definition) is 2. The highest BCUT2D eigenvalue weighted by atomic mass is 32.1. The maximum atomic E-state index is 5.04. The van der Waals surface area contributed by atoms with Gasteiger partial charge in [-0.25, -0.2) is 0 Å². The molecule has 2 N–H and O–H groups in total. The Morgan fingerprint density at radius 1 is 1.36 bits per heavy atom. The van der Waals surface area contributed by atoms with E-state index < -0.39 is 0 Å². The molecule has 2 rings (SSSR count). The van der Waals surface area contributed by atoms with Crippen LogP contribution in [0.5, 0.6) is 0 Å². The summed E-state index contributed by atoms with van der Waals surface area (Å²) in [6.45, 7) is 5.24. The zero-order valence-corrected chi connectivity index (χ0v) is 9.24. The minimum atomic E-state index is 0.578. The fourth-order valence-corrected chi connectivity index (χ4v) is 1.77. The fourth-order valence-electron chi connectivity index (χ4n) is 1.58. The first-order valence-electron chi connectivity index (χ1n) is 4.84. The molecule has 0 unspecified atom stereocenters. The molecule has 0 fully saturated rings. The second-order valence-electron chi connectivity index (χ2n) is 3.88. The van der Waals surface area contributed by atoms with Gasteiger partial charge in [0.1, 0.15) is 0 Å². The van der Waals surface area contributed by atoms with Crippen LogP contribution in [0.1, 0.15) is 30.9 Å². The first-order chi connectivity index (χ1) is 6.66. The first-order valence-corrected chi connectivity index (χ1v) is 5.25. The van der Waals surface area contributed by atoms with Gasteiger partial charge in [0, 0.05) is 12.2 Å². The quantitative estimate of drug-likeness (QED) is 0.691. The number of rotatable bonds is 1. The van der Waals surface area contributed by atoms with Crippen molar-refractivity contribution in [2.75, 3.05) is 5.32 Å². The second-order valence-corrected chi connectivity index (χ2v) is 4.29. The van der Waals surface area contributed by atoms with Crippen molar-refractivity contribution in [2.24, 2.45) is 0 Å². The van der Waals surface area contributed by atoms with E-state index in [1.54, 1.807) is 0 Å². The monoisotopic (exact) mass is 206 g/mol. The first kappa shape index (κ1) is 9.46. The molecule has 0 amide bonds. The third-order valence-electron chi connectivity index (χ3n) is 2.48. The summed E-state index contributed by atoms with van der Waals surface area (Å²) in [5, 5.41) is 6.99. The van der Waals surface area contributed by atoms with Crippen molar-refractivity contribution in [3.05, 3.63) is 29.3 Å². The van der Waals surface area contributed by atoms with Crippen molar-refractivity contribution in [2.45, 2.75) is 26.3 Å². The number of hydrogen-bond acceptors (Lipinski definition) is 1. The molecule has 14 heavy (non-hydrogen) atoms. The predicted octanol–water partition coefficient (Wildman–Crippen LogP) is 2.61. The lowest BCUT2D eigenvalue weighted by Gasteiger charge is -2.21. The summed E-state index contributed by atoms with van der Waals surface area (Å²) in [6.07, 6.45) is 0. The van der Waals surface area contributed by atoms with Crippen LogP contribution in [-0.2, 0) is 6.54 Å². The Kier molecular flexibility index (Phi) is 2.42. The van der Waals surface area contributed by atoms with Gasteiger partial charge in [0.2, 0.25) is 0 Å². The van der Waals surface area contributed by atoms with E-state index in [-0.39, 0.29) is 0 Å². The lowest BCUT2D eigenvalue weighted by atomic mass is 9.99. The van der Waals surface area contributed by atoms with Gasteiger partial charge in [-0.1, -0.05) is 26.0 Å². The molecular weight excluding hydrogens is 192 g/mol. The smallest absolute Gasteiger partial charge is 0.171 e. The van der Waals surface area contributed by atoms with Gasteiger partial charge < -0.3 is 10.6 Å². The lowest BCUT2D eigenvalue weighted by molar-refractivity contribution is 0.850. The molecule has 1 aromatic rings. The zero-order chi connectivity index (χ0) is 10.1. The van der Waals surface area contributed by atoms with Crippen LogP contribution in [0.25, 0.3) is 0 Å². The molecule has 0 saturated heterocycles. The predicted molar refractivity (Wildman–Crippen MR) is 63.6 cm³/mol. The summed E-state index contributed by atoms with van der Waals surface area (Å²) in [6, 6.07) is 6.50. The Labute approximate surface area is 89.7 Å². The van der Waals surface area contributed by atoms with Crippen LogP contribution in [0.2, 0.25) is 0 Å². The van der Waals surface area contributed by atoms with Crippen LogP contribution in [0, 0.1) is 0 Å². The van der Waals surface area contributed by atoms with Crippen LogP contribution >= 0.6 is 12.2 Å². The van der Waals surface area contributed by atoms with Crippen LogP contribution in [0.3, 0.4) is 0 Å². The van der Waals surface area contributed by atoms with E-state index in [0.29, 0.717) is 5.92 Å². The van der Waals surface area contributed by atoms with Gasteiger partial charge in [-0.05, 0) is 35.3 Å². The van der Waals surface area contributed by atoms with Crippen LogP contribution in [0.15, 0.2) is 18.2 Å². The topological polar surface area (TPSA) is 24.1 Å². The van der Waals surface area contributed by atoms with E-state index in [0.717, 1.165) is 17.3 Å². The largest absolute Gasteiger partial charge is 0.358 e.